The summed E-state index contributed by atoms with van der Waals surface area (Å²) >= 11 is 0. The first kappa shape index (κ1) is 23.1. The molecule has 0 fully saturated rings. The number of methoxy groups -OCH3 is 1. The maximum absolute atomic E-state index is 12.5. The summed E-state index contributed by atoms with van der Waals surface area (Å²) in [6.45, 7) is 5.56. The van der Waals surface area contributed by atoms with Gasteiger partial charge in [0.15, 0.2) is 0 Å². The molecule has 0 bridgehead atoms. The summed E-state index contributed by atoms with van der Waals surface area (Å²) in [5.41, 5.74) is 0.741. The third kappa shape index (κ3) is 6.20. The molecule has 1 atom stereocenters. The zero-order valence-corrected chi connectivity index (χ0v) is 18.8. The van der Waals surface area contributed by atoms with Gasteiger partial charge in [-0.05, 0) is 51.0 Å². The number of aromatic nitrogens is 1. The molecule has 168 valence electrons. The lowest BCUT2D eigenvalue weighted by molar-refractivity contribution is 0.0483. The number of rotatable bonds is 7. The number of carbonyl (C=O) groups excluding carboxylic acids is 2. The van der Waals surface area contributed by atoms with Crippen LogP contribution in [0.5, 0.6) is 5.75 Å². The molecular formula is C25H28N2O5. The van der Waals surface area contributed by atoms with Crippen LogP contribution in [0.3, 0.4) is 0 Å². The molecule has 1 unspecified atom stereocenters. The number of hydrogen-bond donors (Lipinski definition) is 1. The summed E-state index contributed by atoms with van der Waals surface area (Å²) in [5.74, 6) is -0.129. The first-order chi connectivity index (χ1) is 15.3. The van der Waals surface area contributed by atoms with Gasteiger partial charge in [-0.15, -0.1) is 0 Å². The summed E-state index contributed by atoms with van der Waals surface area (Å²) in [7, 11) is 1.33. The first-order valence-corrected chi connectivity index (χ1v) is 10.4. The Balaban J connectivity index is 1.84. The largest absolute Gasteiger partial charge is 0.491 e. The number of nitrogens with one attached hydrogen (secondary N) is 1. The fourth-order valence-electron chi connectivity index (χ4n) is 3.30. The Morgan fingerprint density at radius 2 is 1.81 bits per heavy atom. The predicted octanol–water partition coefficient (Wildman–Crippen LogP) is 4.54. The monoisotopic (exact) mass is 436 g/mol. The lowest BCUT2D eigenvalue weighted by atomic mass is 10.0. The van der Waals surface area contributed by atoms with Crippen molar-refractivity contribution < 1.29 is 23.8 Å². The van der Waals surface area contributed by atoms with E-state index >= 15 is 0 Å². The summed E-state index contributed by atoms with van der Waals surface area (Å²) in [6, 6.07) is 14.7. The zero-order chi connectivity index (χ0) is 23.1. The molecule has 7 nitrogen and oxygen atoms in total. The Labute approximate surface area is 187 Å². The summed E-state index contributed by atoms with van der Waals surface area (Å²) < 4.78 is 16.4. The average molecular weight is 437 g/mol. The van der Waals surface area contributed by atoms with Crippen LogP contribution in [0, 0.1) is 0 Å². The van der Waals surface area contributed by atoms with Crippen molar-refractivity contribution in [2.24, 2.45) is 0 Å². The van der Waals surface area contributed by atoms with Crippen molar-refractivity contribution in [3.63, 3.8) is 0 Å². The molecule has 0 spiro atoms. The SMILES string of the molecule is COC(=O)c1c(OCC(Cc2ccccc2)NC(=O)OC(C)(C)C)ccc2cnccc12. The van der Waals surface area contributed by atoms with E-state index in [-0.39, 0.29) is 12.6 Å². The molecule has 0 saturated carbocycles. The Hall–Kier alpha value is -3.61. The summed E-state index contributed by atoms with van der Waals surface area (Å²) in [4.78, 5) is 29.0. The number of ether oxygens (including phenoxy) is 3. The van der Waals surface area contributed by atoms with Gasteiger partial charge in [0.25, 0.3) is 0 Å². The number of carbonyl (C=O) groups is 2. The number of nitrogens with zero attached hydrogens (tertiary/aromatic N) is 1. The molecular weight excluding hydrogens is 408 g/mol. The van der Waals surface area contributed by atoms with Gasteiger partial charge in [0.2, 0.25) is 0 Å². The molecule has 1 aromatic heterocycles. The molecule has 1 N–H and O–H groups in total. The molecule has 0 saturated heterocycles. The highest BCUT2D eigenvalue weighted by atomic mass is 16.6. The second-order valence-corrected chi connectivity index (χ2v) is 8.37. The van der Waals surface area contributed by atoms with Gasteiger partial charge in [0.05, 0.1) is 13.2 Å². The van der Waals surface area contributed by atoms with E-state index in [0.29, 0.717) is 23.1 Å². The van der Waals surface area contributed by atoms with E-state index in [1.807, 2.05) is 57.2 Å². The number of benzene rings is 2. The van der Waals surface area contributed by atoms with Gasteiger partial charge in [0.1, 0.15) is 23.5 Å². The van der Waals surface area contributed by atoms with Crippen LogP contribution in [0.4, 0.5) is 4.79 Å². The number of pyridine rings is 1. The quantitative estimate of drug-likeness (QED) is 0.548. The van der Waals surface area contributed by atoms with Crippen molar-refractivity contribution in [3.8, 4) is 5.75 Å². The van der Waals surface area contributed by atoms with E-state index in [2.05, 4.69) is 10.3 Å². The molecule has 1 heterocycles. The third-order valence-electron chi connectivity index (χ3n) is 4.66. The number of alkyl carbamates (subject to hydrolysis) is 1. The van der Waals surface area contributed by atoms with Crippen LogP contribution in [0.25, 0.3) is 10.8 Å². The van der Waals surface area contributed by atoms with Gasteiger partial charge in [-0.1, -0.05) is 30.3 Å². The Kier molecular flexibility index (Phi) is 7.30. The first-order valence-electron chi connectivity index (χ1n) is 10.4. The van der Waals surface area contributed by atoms with Crippen molar-refractivity contribution in [1.82, 2.24) is 10.3 Å². The second kappa shape index (κ2) is 10.1. The number of amides is 1. The van der Waals surface area contributed by atoms with Crippen LogP contribution < -0.4 is 10.1 Å². The lowest BCUT2D eigenvalue weighted by Gasteiger charge is -2.24. The highest BCUT2D eigenvalue weighted by molar-refractivity contribution is 6.06. The average Bonchev–Trinajstić information content (AvgIpc) is 2.76. The number of hydrogen-bond acceptors (Lipinski definition) is 6. The van der Waals surface area contributed by atoms with Gasteiger partial charge < -0.3 is 19.5 Å². The van der Waals surface area contributed by atoms with E-state index in [9.17, 15) is 9.59 Å². The van der Waals surface area contributed by atoms with Gasteiger partial charge in [0, 0.05) is 23.2 Å². The number of fused-ring (bicyclic) bond motifs is 1. The second-order valence-electron chi connectivity index (χ2n) is 8.37. The molecule has 2 aromatic carbocycles. The van der Waals surface area contributed by atoms with E-state index in [1.54, 1.807) is 24.5 Å². The van der Waals surface area contributed by atoms with Crippen LogP contribution in [-0.2, 0) is 15.9 Å². The highest BCUT2D eigenvalue weighted by Gasteiger charge is 2.22. The Bertz CT molecular complexity index is 1080. The molecule has 0 aliphatic heterocycles. The minimum atomic E-state index is -0.618. The van der Waals surface area contributed by atoms with Gasteiger partial charge in [-0.3, -0.25) is 4.98 Å². The molecule has 3 rings (SSSR count). The molecule has 0 radical (unpaired) electrons. The van der Waals surface area contributed by atoms with Crippen LogP contribution >= 0.6 is 0 Å². The molecule has 0 aliphatic carbocycles. The van der Waals surface area contributed by atoms with Crippen molar-refractivity contribution in [2.45, 2.75) is 38.8 Å². The van der Waals surface area contributed by atoms with E-state index in [4.69, 9.17) is 14.2 Å². The Morgan fingerprint density at radius 1 is 1.06 bits per heavy atom. The standard InChI is InChI=1S/C25H28N2O5/c1-25(2,3)32-24(29)27-19(14-17-8-6-5-7-9-17)16-31-21-11-10-18-15-26-13-12-20(18)22(21)23(28)30-4/h5-13,15,19H,14,16H2,1-4H3,(H,27,29). The summed E-state index contributed by atoms with van der Waals surface area (Å²) in [6.07, 6.45) is 3.29. The van der Waals surface area contributed by atoms with E-state index in [1.165, 1.54) is 7.11 Å². The van der Waals surface area contributed by atoms with Crippen LogP contribution in [0.1, 0.15) is 36.7 Å². The zero-order valence-electron chi connectivity index (χ0n) is 18.8. The van der Waals surface area contributed by atoms with Crippen LogP contribution in [0.15, 0.2) is 60.9 Å². The smallest absolute Gasteiger partial charge is 0.408 e. The van der Waals surface area contributed by atoms with Crippen molar-refractivity contribution >= 4 is 22.8 Å². The third-order valence-corrected chi connectivity index (χ3v) is 4.66. The van der Waals surface area contributed by atoms with Crippen molar-refractivity contribution in [1.29, 1.82) is 0 Å². The van der Waals surface area contributed by atoms with E-state index in [0.717, 1.165) is 10.9 Å². The topological polar surface area (TPSA) is 86.8 Å². The maximum atomic E-state index is 12.5. The Morgan fingerprint density at radius 3 is 2.50 bits per heavy atom. The minimum absolute atomic E-state index is 0.134. The van der Waals surface area contributed by atoms with Gasteiger partial charge >= 0.3 is 12.1 Å². The van der Waals surface area contributed by atoms with Gasteiger partial charge in [-0.25, -0.2) is 9.59 Å². The maximum Gasteiger partial charge on any atom is 0.408 e. The lowest BCUT2D eigenvalue weighted by Crippen LogP contribution is -2.43. The highest BCUT2D eigenvalue weighted by Crippen LogP contribution is 2.28. The van der Waals surface area contributed by atoms with E-state index < -0.39 is 17.7 Å². The number of esters is 1. The minimum Gasteiger partial charge on any atom is -0.491 e. The molecule has 7 heteroatoms. The fourth-order valence-corrected chi connectivity index (χ4v) is 3.30. The molecule has 3 aromatic rings. The van der Waals surface area contributed by atoms with Crippen molar-refractivity contribution in [3.05, 3.63) is 72.1 Å². The fraction of sp³-hybridized carbons (Fsp3) is 0.320. The van der Waals surface area contributed by atoms with Gasteiger partial charge in [-0.2, -0.15) is 0 Å². The van der Waals surface area contributed by atoms with Crippen molar-refractivity contribution in [2.75, 3.05) is 13.7 Å². The molecule has 32 heavy (non-hydrogen) atoms. The predicted molar refractivity (Wildman–Crippen MR) is 122 cm³/mol. The molecule has 1 amide bonds. The normalized spacial score (nSPS) is 12.1. The molecule has 0 aliphatic rings. The summed E-state index contributed by atoms with van der Waals surface area (Å²) in [5, 5.41) is 4.36. The van der Waals surface area contributed by atoms with Crippen LogP contribution in [-0.4, -0.2) is 42.4 Å². The van der Waals surface area contributed by atoms with Crippen LogP contribution in [0.2, 0.25) is 0 Å².